The first-order chi connectivity index (χ1) is 14.0. The van der Waals surface area contributed by atoms with Crippen LogP contribution in [0.4, 0.5) is 0 Å². The molecular formula is C23H27N3O3. The molecule has 1 atom stereocenters. The van der Waals surface area contributed by atoms with E-state index in [4.69, 9.17) is 0 Å². The average Bonchev–Trinajstić information content (AvgIpc) is 2.73. The molecule has 0 aliphatic carbocycles. The van der Waals surface area contributed by atoms with E-state index in [1.807, 2.05) is 30.3 Å². The topological polar surface area (TPSA) is 87.3 Å². The number of rotatable bonds is 7. The van der Waals surface area contributed by atoms with Gasteiger partial charge in [0.15, 0.2) is 0 Å². The standard InChI is InChI=1S/C23H27N3O3/c1-16(27)24-12-13-26-23(29)21-5-2-4-19(15-21)18-9-7-17(8-10-18)14-20-6-3-11-25-22(20)28/h2,4-5,7-10,15,20H,3,6,11-14H2,1H3,(H,24,27)(H,25,28)(H,26,29). The first-order valence-corrected chi connectivity index (χ1v) is 10.0. The fourth-order valence-electron chi connectivity index (χ4n) is 3.50. The lowest BCUT2D eigenvalue weighted by Crippen LogP contribution is -2.37. The number of piperidine rings is 1. The van der Waals surface area contributed by atoms with Gasteiger partial charge in [-0.15, -0.1) is 0 Å². The predicted octanol–water partition coefficient (Wildman–Crippen LogP) is 2.29. The highest BCUT2D eigenvalue weighted by Gasteiger charge is 2.21. The van der Waals surface area contributed by atoms with E-state index >= 15 is 0 Å². The van der Waals surface area contributed by atoms with Gasteiger partial charge in [-0.25, -0.2) is 0 Å². The highest BCUT2D eigenvalue weighted by Crippen LogP contribution is 2.23. The highest BCUT2D eigenvalue weighted by atomic mass is 16.2. The normalized spacial score (nSPS) is 16.0. The number of carbonyl (C=O) groups excluding carboxylic acids is 3. The highest BCUT2D eigenvalue weighted by molar-refractivity contribution is 5.95. The molecule has 152 valence electrons. The maximum atomic E-state index is 12.3. The van der Waals surface area contributed by atoms with E-state index in [0.29, 0.717) is 18.7 Å². The SMILES string of the molecule is CC(=O)NCCNC(=O)c1cccc(-c2ccc(CC3CCCNC3=O)cc2)c1. The second-order valence-electron chi connectivity index (χ2n) is 7.35. The van der Waals surface area contributed by atoms with Crippen molar-refractivity contribution in [1.29, 1.82) is 0 Å². The molecule has 1 aliphatic rings. The minimum Gasteiger partial charge on any atom is -0.356 e. The van der Waals surface area contributed by atoms with Crippen molar-refractivity contribution in [1.82, 2.24) is 16.0 Å². The minimum absolute atomic E-state index is 0.0547. The van der Waals surface area contributed by atoms with Crippen LogP contribution in [0.2, 0.25) is 0 Å². The molecule has 6 heteroatoms. The van der Waals surface area contributed by atoms with Crippen LogP contribution in [0.3, 0.4) is 0 Å². The fraction of sp³-hybridized carbons (Fsp3) is 0.348. The summed E-state index contributed by atoms with van der Waals surface area (Å²) in [7, 11) is 0. The second kappa shape index (κ2) is 9.87. The van der Waals surface area contributed by atoms with Gasteiger partial charge < -0.3 is 16.0 Å². The Morgan fingerprint density at radius 3 is 2.52 bits per heavy atom. The number of hydrogen-bond acceptors (Lipinski definition) is 3. The van der Waals surface area contributed by atoms with Gasteiger partial charge in [0.1, 0.15) is 0 Å². The summed E-state index contributed by atoms with van der Waals surface area (Å²) in [5, 5.41) is 8.38. The van der Waals surface area contributed by atoms with Gasteiger partial charge in [0.05, 0.1) is 0 Å². The number of nitrogens with one attached hydrogen (secondary N) is 3. The van der Waals surface area contributed by atoms with E-state index in [9.17, 15) is 14.4 Å². The van der Waals surface area contributed by atoms with Gasteiger partial charge in [-0.05, 0) is 48.1 Å². The summed E-state index contributed by atoms with van der Waals surface area (Å²) in [6.07, 6.45) is 2.73. The molecular weight excluding hydrogens is 366 g/mol. The monoisotopic (exact) mass is 393 g/mol. The lowest BCUT2D eigenvalue weighted by molar-refractivity contribution is -0.126. The molecule has 0 aromatic heterocycles. The molecule has 0 spiro atoms. The maximum Gasteiger partial charge on any atom is 0.251 e. The lowest BCUT2D eigenvalue weighted by atomic mass is 9.91. The van der Waals surface area contributed by atoms with E-state index in [1.165, 1.54) is 6.92 Å². The van der Waals surface area contributed by atoms with Gasteiger partial charge in [-0.3, -0.25) is 14.4 Å². The van der Waals surface area contributed by atoms with E-state index < -0.39 is 0 Å². The molecule has 3 N–H and O–H groups in total. The van der Waals surface area contributed by atoms with E-state index in [2.05, 4.69) is 28.1 Å². The predicted molar refractivity (Wildman–Crippen MR) is 112 cm³/mol. The van der Waals surface area contributed by atoms with Crippen LogP contribution in [0.5, 0.6) is 0 Å². The first kappa shape index (κ1) is 20.6. The third-order valence-electron chi connectivity index (χ3n) is 5.08. The summed E-state index contributed by atoms with van der Waals surface area (Å²) in [5.41, 5.74) is 3.70. The molecule has 3 amide bonds. The van der Waals surface area contributed by atoms with Crippen molar-refractivity contribution in [2.45, 2.75) is 26.2 Å². The molecule has 1 saturated heterocycles. The molecule has 2 aromatic rings. The van der Waals surface area contributed by atoms with E-state index in [1.54, 1.807) is 6.07 Å². The van der Waals surface area contributed by atoms with Crippen molar-refractivity contribution in [2.24, 2.45) is 5.92 Å². The van der Waals surface area contributed by atoms with Crippen LogP contribution < -0.4 is 16.0 Å². The van der Waals surface area contributed by atoms with Crippen molar-refractivity contribution in [3.05, 3.63) is 59.7 Å². The van der Waals surface area contributed by atoms with Crippen LogP contribution in [0, 0.1) is 5.92 Å². The Morgan fingerprint density at radius 1 is 1.03 bits per heavy atom. The molecule has 3 rings (SSSR count). The summed E-state index contributed by atoms with van der Waals surface area (Å²) in [4.78, 5) is 35.1. The fourth-order valence-corrected chi connectivity index (χ4v) is 3.50. The van der Waals surface area contributed by atoms with Crippen molar-refractivity contribution in [3.63, 3.8) is 0 Å². The Kier molecular flexibility index (Phi) is 7.00. The number of carbonyl (C=O) groups is 3. The largest absolute Gasteiger partial charge is 0.356 e. The summed E-state index contributed by atoms with van der Waals surface area (Å²) in [5.74, 6) is -0.0809. The molecule has 29 heavy (non-hydrogen) atoms. The molecule has 1 unspecified atom stereocenters. The zero-order valence-electron chi connectivity index (χ0n) is 16.7. The molecule has 1 fully saturated rings. The Hall–Kier alpha value is -3.15. The maximum absolute atomic E-state index is 12.3. The summed E-state index contributed by atoms with van der Waals surface area (Å²) < 4.78 is 0. The molecule has 1 aliphatic heterocycles. The zero-order chi connectivity index (χ0) is 20.6. The van der Waals surface area contributed by atoms with Crippen molar-refractivity contribution in [2.75, 3.05) is 19.6 Å². The molecule has 0 radical (unpaired) electrons. The molecule has 1 heterocycles. The van der Waals surface area contributed by atoms with Crippen LogP contribution in [0.15, 0.2) is 48.5 Å². The lowest BCUT2D eigenvalue weighted by Gasteiger charge is -2.21. The van der Waals surface area contributed by atoms with Crippen LogP contribution >= 0.6 is 0 Å². The zero-order valence-corrected chi connectivity index (χ0v) is 16.7. The molecule has 0 bridgehead atoms. The average molecular weight is 393 g/mol. The number of hydrogen-bond donors (Lipinski definition) is 3. The van der Waals surface area contributed by atoms with Gasteiger partial charge in [-0.2, -0.15) is 0 Å². The van der Waals surface area contributed by atoms with Crippen LogP contribution in [0.1, 0.15) is 35.7 Å². The summed E-state index contributed by atoms with van der Waals surface area (Å²) in [6.45, 7) is 3.01. The minimum atomic E-state index is -0.169. The van der Waals surface area contributed by atoms with Crippen molar-refractivity contribution >= 4 is 17.7 Å². The van der Waals surface area contributed by atoms with Gasteiger partial charge in [-0.1, -0.05) is 36.4 Å². The van der Waals surface area contributed by atoms with Crippen molar-refractivity contribution in [3.8, 4) is 11.1 Å². The van der Waals surface area contributed by atoms with Gasteiger partial charge >= 0.3 is 0 Å². The number of benzene rings is 2. The van der Waals surface area contributed by atoms with E-state index in [0.717, 1.165) is 42.5 Å². The first-order valence-electron chi connectivity index (χ1n) is 10.0. The second-order valence-corrected chi connectivity index (χ2v) is 7.35. The summed E-state index contributed by atoms with van der Waals surface area (Å²) in [6, 6.07) is 15.6. The number of amides is 3. The third kappa shape index (κ3) is 5.91. The van der Waals surface area contributed by atoms with E-state index in [-0.39, 0.29) is 23.6 Å². The quantitative estimate of drug-likeness (QED) is 0.631. The Bertz CT molecular complexity index is 877. The molecule has 2 aromatic carbocycles. The Morgan fingerprint density at radius 2 is 1.79 bits per heavy atom. The van der Waals surface area contributed by atoms with Gasteiger partial charge in [0.25, 0.3) is 5.91 Å². The smallest absolute Gasteiger partial charge is 0.251 e. The Labute approximate surface area is 171 Å². The Balaban J connectivity index is 1.61. The van der Waals surface area contributed by atoms with Gasteiger partial charge in [0.2, 0.25) is 11.8 Å². The van der Waals surface area contributed by atoms with Crippen LogP contribution in [-0.2, 0) is 16.0 Å². The summed E-state index contributed by atoms with van der Waals surface area (Å²) >= 11 is 0. The third-order valence-corrected chi connectivity index (χ3v) is 5.08. The van der Waals surface area contributed by atoms with Crippen LogP contribution in [0.25, 0.3) is 11.1 Å². The van der Waals surface area contributed by atoms with Gasteiger partial charge in [0, 0.05) is 38.0 Å². The molecule has 0 saturated carbocycles. The molecule has 6 nitrogen and oxygen atoms in total. The van der Waals surface area contributed by atoms with Crippen LogP contribution in [-0.4, -0.2) is 37.4 Å². The van der Waals surface area contributed by atoms with Crippen molar-refractivity contribution < 1.29 is 14.4 Å².